The molecule has 23 heavy (non-hydrogen) atoms. The highest BCUT2D eigenvalue weighted by Crippen LogP contribution is 2.50. The number of fused-ring (bicyclic) bond motifs is 3. The summed E-state index contributed by atoms with van der Waals surface area (Å²) in [5.74, 6) is -0.308. The lowest BCUT2D eigenvalue weighted by atomic mass is 9.76. The fourth-order valence-electron chi connectivity index (χ4n) is 3.76. The van der Waals surface area contributed by atoms with Crippen LogP contribution in [0.3, 0.4) is 0 Å². The molecule has 0 unspecified atom stereocenters. The highest BCUT2D eigenvalue weighted by molar-refractivity contribution is 6.31. The number of nitrogens with one attached hydrogen (secondary N) is 1. The quantitative estimate of drug-likeness (QED) is 0.775. The average Bonchev–Trinajstić information content (AvgIpc) is 3.04. The molecule has 1 aliphatic heterocycles. The van der Waals surface area contributed by atoms with Crippen LogP contribution in [0.1, 0.15) is 39.9 Å². The van der Waals surface area contributed by atoms with Crippen molar-refractivity contribution in [3.8, 4) is 0 Å². The van der Waals surface area contributed by atoms with Crippen molar-refractivity contribution in [1.82, 2.24) is 0 Å². The monoisotopic (exact) mass is 325 g/mol. The molecule has 0 fully saturated rings. The van der Waals surface area contributed by atoms with Crippen LogP contribution in [-0.4, -0.2) is 11.1 Å². The molecule has 116 valence electrons. The molecule has 2 aliphatic rings. The van der Waals surface area contributed by atoms with Crippen molar-refractivity contribution >= 4 is 23.3 Å². The maximum atomic E-state index is 11.3. The van der Waals surface area contributed by atoms with Crippen molar-refractivity contribution in [2.24, 2.45) is 5.92 Å². The first-order chi connectivity index (χ1) is 11.1. The number of carboxylic acid groups (broad SMARTS) is 1. The number of hydrogen-bond acceptors (Lipinski definition) is 2. The highest BCUT2D eigenvalue weighted by Gasteiger charge is 2.38. The third-order valence-corrected chi connectivity index (χ3v) is 5.19. The van der Waals surface area contributed by atoms with Gasteiger partial charge in [0.2, 0.25) is 0 Å². The maximum Gasteiger partial charge on any atom is 0.335 e. The molecule has 0 amide bonds. The zero-order valence-electron chi connectivity index (χ0n) is 12.4. The summed E-state index contributed by atoms with van der Waals surface area (Å²) in [5.41, 5.74) is 3.49. The number of rotatable bonds is 2. The van der Waals surface area contributed by atoms with Gasteiger partial charge >= 0.3 is 5.97 Å². The predicted octanol–water partition coefficient (Wildman–Crippen LogP) is 4.86. The number of allylic oxidation sites excluding steroid dienone is 2. The molecule has 4 rings (SSSR count). The Hall–Kier alpha value is -2.26. The maximum absolute atomic E-state index is 11.3. The van der Waals surface area contributed by atoms with E-state index in [1.807, 2.05) is 24.3 Å². The van der Waals surface area contributed by atoms with Gasteiger partial charge in [0.05, 0.1) is 11.6 Å². The largest absolute Gasteiger partial charge is 0.478 e. The van der Waals surface area contributed by atoms with Crippen LogP contribution in [0.15, 0.2) is 54.6 Å². The number of carbonyl (C=O) groups is 1. The van der Waals surface area contributed by atoms with E-state index in [2.05, 4.69) is 23.5 Å². The lowest BCUT2D eigenvalue weighted by Crippen LogP contribution is -2.29. The van der Waals surface area contributed by atoms with Crippen LogP contribution in [0.2, 0.25) is 5.02 Å². The number of halogens is 1. The molecule has 0 saturated carbocycles. The van der Waals surface area contributed by atoms with E-state index >= 15 is 0 Å². The van der Waals surface area contributed by atoms with Crippen molar-refractivity contribution in [2.45, 2.75) is 18.4 Å². The van der Waals surface area contributed by atoms with Gasteiger partial charge in [-0.05, 0) is 47.7 Å². The molecule has 0 saturated heterocycles. The van der Waals surface area contributed by atoms with Gasteiger partial charge in [0.25, 0.3) is 0 Å². The zero-order chi connectivity index (χ0) is 16.0. The van der Waals surface area contributed by atoms with E-state index in [1.54, 1.807) is 12.1 Å². The Balaban J connectivity index is 1.81. The van der Waals surface area contributed by atoms with Crippen molar-refractivity contribution in [2.75, 3.05) is 5.32 Å². The zero-order valence-corrected chi connectivity index (χ0v) is 13.1. The fraction of sp³-hybridized carbons (Fsp3) is 0.211. The number of aromatic carboxylic acids is 1. The summed E-state index contributed by atoms with van der Waals surface area (Å²) in [7, 11) is 0. The van der Waals surface area contributed by atoms with E-state index in [9.17, 15) is 9.90 Å². The molecule has 3 atom stereocenters. The molecular formula is C19H16ClNO2. The van der Waals surface area contributed by atoms with E-state index in [-0.39, 0.29) is 12.0 Å². The molecule has 0 bridgehead atoms. The number of anilines is 1. The Morgan fingerprint density at radius 1 is 1.17 bits per heavy atom. The molecule has 3 nitrogen and oxygen atoms in total. The van der Waals surface area contributed by atoms with Crippen LogP contribution in [0.25, 0.3) is 0 Å². The summed E-state index contributed by atoms with van der Waals surface area (Å²) in [6.07, 6.45) is 5.34. The van der Waals surface area contributed by atoms with Crippen LogP contribution in [0.5, 0.6) is 0 Å². The second-order valence-electron chi connectivity index (χ2n) is 6.10. The Kier molecular flexibility index (Phi) is 3.38. The first-order valence-electron chi connectivity index (χ1n) is 7.70. The summed E-state index contributed by atoms with van der Waals surface area (Å²) >= 11 is 6.40. The summed E-state index contributed by atoms with van der Waals surface area (Å²) in [6, 6.07) is 13.4. The molecular weight excluding hydrogens is 310 g/mol. The smallest absolute Gasteiger partial charge is 0.335 e. The molecule has 0 spiro atoms. The summed E-state index contributed by atoms with van der Waals surface area (Å²) in [6.45, 7) is 0. The van der Waals surface area contributed by atoms with Gasteiger partial charge in [-0.15, -0.1) is 0 Å². The topological polar surface area (TPSA) is 49.3 Å². The molecule has 2 aromatic carbocycles. The molecule has 4 heteroatoms. The van der Waals surface area contributed by atoms with Crippen LogP contribution in [0.4, 0.5) is 5.69 Å². The lowest BCUT2D eigenvalue weighted by Gasteiger charge is -2.38. The van der Waals surface area contributed by atoms with Gasteiger partial charge in [-0.25, -0.2) is 4.79 Å². The van der Waals surface area contributed by atoms with Gasteiger partial charge in [0, 0.05) is 16.6 Å². The third kappa shape index (κ3) is 2.32. The van der Waals surface area contributed by atoms with Crippen molar-refractivity contribution in [3.05, 3.63) is 76.3 Å². The summed E-state index contributed by atoms with van der Waals surface area (Å²) in [5, 5.41) is 13.6. The van der Waals surface area contributed by atoms with Gasteiger partial charge in [0.15, 0.2) is 0 Å². The minimum atomic E-state index is -0.889. The normalized spacial score (nSPS) is 24.7. The fourth-order valence-corrected chi connectivity index (χ4v) is 4.02. The van der Waals surface area contributed by atoms with Crippen LogP contribution in [-0.2, 0) is 0 Å². The number of carboxylic acids is 1. The minimum Gasteiger partial charge on any atom is -0.478 e. The molecule has 0 aromatic heterocycles. The standard InChI is InChI=1S/C19H16ClNO2/c20-16-7-2-1-4-14(16)18-13-6-3-5-12(13)15-10-11(19(22)23)8-9-17(15)21-18/h1-5,7-10,12-13,18,21H,6H2,(H,22,23)/t12-,13-,18-/m0/s1. The number of hydrogen-bond donors (Lipinski definition) is 2. The van der Waals surface area contributed by atoms with Crippen LogP contribution >= 0.6 is 11.6 Å². The highest BCUT2D eigenvalue weighted by atomic mass is 35.5. The molecule has 0 radical (unpaired) electrons. The Morgan fingerprint density at radius 3 is 2.78 bits per heavy atom. The van der Waals surface area contributed by atoms with Gasteiger partial charge in [-0.2, -0.15) is 0 Å². The molecule has 1 heterocycles. The third-order valence-electron chi connectivity index (χ3n) is 4.85. The Morgan fingerprint density at radius 2 is 2.00 bits per heavy atom. The van der Waals surface area contributed by atoms with Gasteiger partial charge in [-0.3, -0.25) is 0 Å². The van der Waals surface area contributed by atoms with E-state index < -0.39 is 5.97 Å². The number of benzene rings is 2. The van der Waals surface area contributed by atoms with Gasteiger partial charge < -0.3 is 10.4 Å². The van der Waals surface area contributed by atoms with Crippen molar-refractivity contribution in [1.29, 1.82) is 0 Å². The SMILES string of the molecule is O=C(O)c1ccc2c(c1)[C@H]1C=CC[C@@H]1[C@@H](c1ccccc1Cl)N2. The van der Waals surface area contributed by atoms with E-state index in [4.69, 9.17) is 11.6 Å². The summed E-state index contributed by atoms with van der Waals surface area (Å²) < 4.78 is 0. The first kappa shape index (κ1) is 14.3. The second-order valence-corrected chi connectivity index (χ2v) is 6.51. The van der Waals surface area contributed by atoms with E-state index in [0.717, 1.165) is 28.3 Å². The average molecular weight is 326 g/mol. The molecule has 1 aliphatic carbocycles. The van der Waals surface area contributed by atoms with Gasteiger partial charge in [-0.1, -0.05) is 42.0 Å². The second kappa shape index (κ2) is 5.43. The van der Waals surface area contributed by atoms with Crippen LogP contribution < -0.4 is 5.32 Å². The first-order valence-corrected chi connectivity index (χ1v) is 8.08. The van der Waals surface area contributed by atoms with E-state index in [1.165, 1.54) is 0 Å². The molecule has 2 N–H and O–H groups in total. The van der Waals surface area contributed by atoms with Crippen LogP contribution in [0, 0.1) is 5.92 Å². The minimum absolute atomic E-state index is 0.131. The Bertz CT molecular complexity index is 815. The lowest BCUT2D eigenvalue weighted by molar-refractivity contribution is 0.0696. The van der Waals surface area contributed by atoms with Crippen molar-refractivity contribution in [3.63, 3.8) is 0 Å². The predicted molar refractivity (Wildman–Crippen MR) is 91.2 cm³/mol. The molecule has 2 aromatic rings. The van der Waals surface area contributed by atoms with E-state index in [0.29, 0.717) is 11.5 Å². The van der Waals surface area contributed by atoms with Gasteiger partial charge in [0.1, 0.15) is 0 Å². The summed E-state index contributed by atoms with van der Waals surface area (Å²) in [4.78, 5) is 11.3. The Labute approximate surface area is 139 Å². The van der Waals surface area contributed by atoms with Crippen molar-refractivity contribution < 1.29 is 9.90 Å².